The standard InChI is InChI=1S/C29H46O/c1-7-21(19(2)3)9-8-20(4)25-12-13-26-24-11-10-22-18-23(30)14-16-28(22,5)27(24)15-17-29(25,26)6/h8-10,20-21,23-27,30H,2,7,11-18H2,1,3-6H3/b9-8+/t20-,21?,23?,24?,25?,26?,27?,28?,29?/m1/s1. The van der Waals surface area contributed by atoms with Gasteiger partial charge in [-0.05, 0) is 111 Å². The lowest BCUT2D eigenvalue weighted by atomic mass is 9.47. The van der Waals surface area contributed by atoms with Crippen LogP contribution in [-0.4, -0.2) is 11.2 Å². The molecular weight excluding hydrogens is 364 g/mol. The lowest BCUT2D eigenvalue weighted by Crippen LogP contribution is -2.50. The van der Waals surface area contributed by atoms with E-state index in [9.17, 15) is 5.11 Å². The van der Waals surface area contributed by atoms with Gasteiger partial charge in [0.05, 0.1) is 6.10 Å². The molecule has 0 saturated heterocycles. The van der Waals surface area contributed by atoms with Crippen molar-refractivity contribution < 1.29 is 5.11 Å². The van der Waals surface area contributed by atoms with E-state index in [2.05, 4.69) is 59.4 Å². The van der Waals surface area contributed by atoms with Gasteiger partial charge in [0.1, 0.15) is 0 Å². The highest BCUT2D eigenvalue weighted by molar-refractivity contribution is 5.25. The van der Waals surface area contributed by atoms with Crippen molar-refractivity contribution in [2.24, 2.45) is 46.3 Å². The Labute approximate surface area is 186 Å². The molecule has 8 unspecified atom stereocenters. The van der Waals surface area contributed by atoms with E-state index in [4.69, 9.17) is 0 Å². The number of aliphatic hydroxyl groups excluding tert-OH is 1. The molecule has 0 amide bonds. The van der Waals surface area contributed by atoms with Crippen molar-refractivity contribution in [1.29, 1.82) is 0 Å². The molecule has 0 spiro atoms. The summed E-state index contributed by atoms with van der Waals surface area (Å²) in [5, 5.41) is 10.2. The van der Waals surface area contributed by atoms with E-state index in [0.717, 1.165) is 42.9 Å². The fraction of sp³-hybridized carbons (Fsp3) is 0.793. The number of hydrogen-bond donors (Lipinski definition) is 1. The normalized spacial score (nSPS) is 45.3. The summed E-state index contributed by atoms with van der Waals surface area (Å²) in [4.78, 5) is 0. The molecule has 4 aliphatic rings. The van der Waals surface area contributed by atoms with Crippen LogP contribution in [0.3, 0.4) is 0 Å². The van der Waals surface area contributed by atoms with Crippen molar-refractivity contribution in [3.05, 3.63) is 36.0 Å². The zero-order valence-electron chi connectivity index (χ0n) is 20.3. The average Bonchev–Trinajstić information content (AvgIpc) is 3.06. The zero-order valence-corrected chi connectivity index (χ0v) is 20.3. The van der Waals surface area contributed by atoms with E-state index in [1.165, 1.54) is 44.1 Å². The molecule has 1 heteroatoms. The lowest BCUT2D eigenvalue weighted by molar-refractivity contribution is -0.0540. The van der Waals surface area contributed by atoms with E-state index in [-0.39, 0.29) is 6.10 Å². The summed E-state index contributed by atoms with van der Waals surface area (Å²) < 4.78 is 0. The summed E-state index contributed by atoms with van der Waals surface area (Å²) in [6.45, 7) is 16.3. The Balaban J connectivity index is 1.53. The minimum Gasteiger partial charge on any atom is -0.393 e. The second-order valence-corrected chi connectivity index (χ2v) is 12.0. The first-order valence-corrected chi connectivity index (χ1v) is 12.9. The predicted molar refractivity (Wildman–Crippen MR) is 128 cm³/mol. The topological polar surface area (TPSA) is 20.2 Å². The third kappa shape index (κ3) is 3.58. The lowest BCUT2D eigenvalue weighted by Gasteiger charge is -2.58. The van der Waals surface area contributed by atoms with Crippen LogP contribution in [0.5, 0.6) is 0 Å². The van der Waals surface area contributed by atoms with E-state index >= 15 is 0 Å². The summed E-state index contributed by atoms with van der Waals surface area (Å²) in [5.74, 6) is 4.64. The van der Waals surface area contributed by atoms with Crippen molar-refractivity contribution in [3.8, 4) is 0 Å². The Morgan fingerprint density at radius 2 is 1.93 bits per heavy atom. The summed E-state index contributed by atoms with van der Waals surface area (Å²) >= 11 is 0. The maximum atomic E-state index is 10.2. The first-order chi connectivity index (χ1) is 14.2. The number of rotatable bonds is 5. The molecule has 1 nitrogen and oxygen atoms in total. The molecular formula is C29H46O. The van der Waals surface area contributed by atoms with Gasteiger partial charge in [-0.15, -0.1) is 0 Å². The highest BCUT2D eigenvalue weighted by Crippen LogP contribution is 2.67. The molecule has 3 saturated carbocycles. The van der Waals surface area contributed by atoms with Crippen LogP contribution in [-0.2, 0) is 0 Å². The van der Waals surface area contributed by atoms with Gasteiger partial charge in [-0.3, -0.25) is 0 Å². The molecule has 0 aromatic carbocycles. The summed E-state index contributed by atoms with van der Waals surface area (Å²) in [5.41, 5.74) is 3.77. The monoisotopic (exact) mass is 410 g/mol. The number of hydrogen-bond acceptors (Lipinski definition) is 1. The van der Waals surface area contributed by atoms with Crippen LogP contribution < -0.4 is 0 Å². The van der Waals surface area contributed by atoms with E-state index in [1.54, 1.807) is 5.57 Å². The molecule has 0 aromatic heterocycles. The van der Waals surface area contributed by atoms with Crippen LogP contribution in [0.4, 0.5) is 0 Å². The average molecular weight is 411 g/mol. The molecule has 0 bridgehead atoms. The maximum Gasteiger partial charge on any atom is 0.0577 e. The molecule has 4 rings (SSSR count). The number of fused-ring (bicyclic) bond motifs is 5. The summed E-state index contributed by atoms with van der Waals surface area (Å²) in [6, 6.07) is 0. The fourth-order valence-corrected chi connectivity index (χ4v) is 8.64. The molecule has 9 atom stereocenters. The highest BCUT2D eigenvalue weighted by Gasteiger charge is 2.58. The molecule has 0 heterocycles. The van der Waals surface area contributed by atoms with Crippen molar-refractivity contribution in [3.63, 3.8) is 0 Å². The van der Waals surface area contributed by atoms with Crippen molar-refractivity contribution in [1.82, 2.24) is 0 Å². The maximum absolute atomic E-state index is 10.2. The van der Waals surface area contributed by atoms with E-state index in [0.29, 0.717) is 22.7 Å². The third-order valence-electron chi connectivity index (χ3n) is 10.5. The largest absolute Gasteiger partial charge is 0.393 e. The molecule has 1 N–H and O–H groups in total. The molecule has 30 heavy (non-hydrogen) atoms. The highest BCUT2D eigenvalue weighted by atomic mass is 16.3. The smallest absolute Gasteiger partial charge is 0.0577 e. The van der Waals surface area contributed by atoms with Crippen LogP contribution in [0.2, 0.25) is 0 Å². The minimum atomic E-state index is -0.0932. The van der Waals surface area contributed by atoms with Gasteiger partial charge in [-0.2, -0.15) is 0 Å². The molecule has 168 valence electrons. The Morgan fingerprint density at radius 1 is 1.17 bits per heavy atom. The second kappa shape index (κ2) is 8.27. The van der Waals surface area contributed by atoms with Crippen LogP contribution in [0.25, 0.3) is 0 Å². The predicted octanol–water partition coefficient (Wildman–Crippen LogP) is 7.72. The minimum absolute atomic E-state index is 0.0932. The van der Waals surface area contributed by atoms with Crippen LogP contribution in [0, 0.1) is 46.3 Å². The second-order valence-electron chi connectivity index (χ2n) is 12.0. The van der Waals surface area contributed by atoms with Gasteiger partial charge in [0.2, 0.25) is 0 Å². The summed E-state index contributed by atoms with van der Waals surface area (Å²) in [7, 11) is 0. The van der Waals surface area contributed by atoms with Gasteiger partial charge in [0.25, 0.3) is 0 Å². The molecule has 3 fully saturated rings. The molecule has 0 radical (unpaired) electrons. The third-order valence-corrected chi connectivity index (χ3v) is 10.5. The fourth-order valence-electron chi connectivity index (χ4n) is 8.64. The molecule has 0 aromatic rings. The number of aliphatic hydroxyl groups is 1. The zero-order chi connectivity index (χ0) is 21.7. The van der Waals surface area contributed by atoms with Gasteiger partial charge in [-0.25, -0.2) is 0 Å². The quantitative estimate of drug-likeness (QED) is 0.460. The van der Waals surface area contributed by atoms with E-state index in [1.807, 2.05) is 0 Å². The van der Waals surface area contributed by atoms with Gasteiger partial charge < -0.3 is 5.11 Å². The van der Waals surface area contributed by atoms with Crippen molar-refractivity contribution in [2.75, 3.05) is 0 Å². The van der Waals surface area contributed by atoms with Gasteiger partial charge in [-0.1, -0.05) is 63.6 Å². The summed E-state index contributed by atoms with van der Waals surface area (Å²) in [6.07, 6.45) is 18.7. The Hall–Kier alpha value is -0.820. The first kappa shape index (κ1) is 22.4. The molecule has 4 aliphatic carbocycles. The van der Waals surface area contributed by atoms with Crippen LogP contribution >= 0.6 is 0 Å². The Kier molecular flexibility index (Phi) is 6.17. The van der Waals surface area contributed by atoms with E-state index < -0.39 is 0 Å². The van der Waals surface area contributed by atoms with Gasteiger partial charge in [0, 0.05) is 0 Å². The van der Waals surface area contributed by atoms with Gasteiger partial charge >= 0.3 is 0 Å². The van der Waals surface area contributed by atoms with Crippen molar-refractivity contribution in [2.45, 2.75) is 98.5 Å². The Bertz CT molecular complexity index is 716. The SMILES string of the molecule is C=C(C)C(/C=C/[C@@H](C)C1CCC2C3CC=C4CC(O)CCC4(C)C3CCC21C)CC. The van der Waals surface area contributed by atoms with Crippen LogP contribution in [0.15, 0.2) is 36.0 Å². The van der Waals surface area contributed by atoms with Crippen LogP contribution in [0.1, 0.15) is 92.4 Å². The first-order valence-electron chi connectivity index (χ1n) is 12.9. The van der Waals surface area contributed by atoms with Crippen molar-refractivity contribution >= 4 is 0 Å². The number of allylic oxidation sites excluding steroid dienone is 4. The molecule has 0 aliphatic heterocycles. The Morgan fingerprint density at radius 3 is 2.63 bits per heavy atom. The van der Waals surface area contributed by atoms with Gasteiger partial charge in [0.15, 0.2) is 0 Å².